The number of nitrogens with zero attached hydrogens (tertiary/aromatic N) is 2. The van der Waals surface area contributed by atoms with Crippen molar-refractivity contribution in [2.75, 3.05) is 7.11 Å². The number of rotatable bonds is 4. The highest BCUT2D eigenvalue weighted by molar-refractivity contribution is 5.43. The molecule has 1 aromatic rings. The van der Waals surface area contributed by atoms with Gasteiger partial charge in [0.05, 0.1) is 12.0 Å². The third-order valence-corrected chi connectivity index (χ3v) is 2.99. The molecule has 7 heteroatoms. The van der Waals surface area contributed by atoms with E-state index < -0.39 is 4.92 Å². The van der Waals surface area contributed by atoms with Crippen LogP contribution in [0, 0.1) is 10.1 Å². The molecule has 0 radical (unpaired) electrons. The predicted octanol–water partition coefficient (Wildman–Crippen LogP) is 1.26. The first-order valence-electron chi connectivity index (χ1n) is 5.73. The van der Waals surface area contributed by atoms with Gasteiger partial charge in [-0.05, 0) is 19.3 Å². The Kier molecular flexibility index (Phi) is 3.61. The van der Waals surface area contributed by atoms with E-state index in [0.717, 1.165) is 19.3 Å². The minimum Gasteiger partial charge on any atom is -0.481 e. The maximum Gasteiger partial charge on any atom is 0.331 e. The Balaban J connectivity index is 2.25. The summed E-state index contributed by atoms with van der Waals surface area (Å²) >= 11 is 0. The van der Waals surface area contributed by atoms with Gasteiger partial charge >= 0.3 is 5.69 Å². The van der Waals surface area contributed by atoms with Gasteiger partial charge in [-0.3, -0.25) is 10.1 Å². The second-order valence-corrected chi connectivity index (χ2v) is 4.19. The molecule has 18 heavy (non-hydrogen) atoms. The zero-order chi connectivity index (χ0) is 13.1. The molecule has 2 N–H and O–H groups in total. The summed E-state index contributed by atoms with van der Waals surface area (Å²) in [5, 5.41) is 10.9. The lowest BCUT2D eigenvalue weighted by molar-refractivity contribution is -0.386. The Morgan fingerprint density at radius 2 is 2.28 bits per heavy atom. The van der Waals surface area contributed by atoms with E-state index in [2.05, 4.69) is 4.98 Å². The van der Waals surface area contributed by atoms with Crippen LogP contribution in [0.3, 0.4) is 0 Å². The lowest BCUT2D eigenvalue weighted by Crippen LogP contribution is -2.34. The van der Waals surface area contributed by atoms with Crippen molar-refractivity contribution in [1.82, 2.24) is 4.98 Å². The number of methoxy groups -OCH3 is 1. The molecule has 2 unspecified atom stereocenters. The van der Waals surface area contributed by atoms with Crippen LogP contribution in [0.25, 0.3) is 0 Å². The minimum atomic E-state index is -0.526. The zero-order valence-corrected chi connectivity index (χ0v) is 10.0. The molecule has 1 fully saturated rings. The summed E-state index contributed by atoms with van der Waals surface area (Å²) in [6.45, 7) is 0. The predicted molar refractivity (Wildman–Crippen MR) is 63.7 cm³/mol. The van der Waals surface area contributed by atoms with E-state index in [-0.39, 0.29) is 29.6 Å². The van der Waals surface area contributed by atoms with Crippen molar-refractivity contribution >= 4 is 5.69 Å². The Morgan fingerprint density at radius 3 is 2.83 bits per heavy atom. The maximum atomic E-state index is 10.9. The third-order valence-electron chi connectivity index (χ3n) is 2.99. The summed E-state index contributed by atoms with van der Waals surface area (Å²) in [5.41, 5.74) is 5.70. The van der Waals surface area contributed by atoms with Crippen LogP contribution in [-0.4, -0.2) is 29.2 Å². The summed E-state index contributed by atoms with van der Waals surface area (Å²) in [6, 6.07) is 2.65. The van der Waals surface area contributed by atoms with Gasteiger partial charge in [0.25, 0.3) is 5.88 Å². The van der Waals surface area contributed by atoms with Crippen LogP contribution in [0.5, 0.6) is 11.8 Å². The molecule has 0 saturated heterocycles. The molecule has 0 aromatic carbocycles. The van der Waals surface area contributed by atoms with Crippen molar-refractivity contribution in [3.8, 4) is 11.8 Å². The van der Waals surface area contributed by atoms with Crippen molar-refractivity contribution in [3.63, 3.8) is 0 Å². The van der Waals surface area contributed by atoms with Gasteiger partial charge in [0, 0.05) is 18.2 Å². The maximum absolute atomic E-state index is 10.9. The summed E-state index contributed by atoms with van der Waals surface area (Å²) < 4.78 is 10.5. The first-order chi connectivity index (χ1) is 8.61. The lowest BCUT2D eigenvalue weighted by Gasteiger charge is -2.17. The van der Waals surface area contributed by atoms with Gasteiger partial charge in [0.15, 0.2) is 0 Å². The topological polar surface area (TPSA) is 101 Å². The molecule has 7 nitrogen and oxygen atoms in total. The number of ether oxygens (including phenoxy) is 2. The van der Waals surface area contributed by atoms with E-state index in [1.165, 1.54) is 19.2 Å². The van der Waals surface area contributed by atoms with Gasteiger partial charge in [-0.15, -0.1) is 0 Å². The van der Waals surface area contributed by atoms with E-state index in [9.17, 15) is 10.1 Å². The molecule has 0 amide bonds. The van der Waals surface area contributed by atoms with Crippen LogP contribution in [0.4, 0.5) is 5.69 Å². The first-order valence-corrected chi connectivity index (χ1v) is 5.73. The van der Waals surface area contributed by atoms with E-state index in [0.29, 0.717) is 0 Å². The molecule has 2 rings (SSSR count). The Morgan fingerprint density at radius 1 is 1.50 bits per heavy atom. The molecular weight excluding hydrogens is 238 g/mol. The van der Waals surface area contributed by atoms with E-state index in [4.69, 9.17) is 15.2 Å². The fraction of sp³-hybridized carbons (Fsp3) is 0.545. The Hall–Kier alpha value is -1.89. The second kappa shape index (κ2) is 5.18. The molecule has 1 heterocycles. The fourth-order valence-corrected chi connectivity index (χ4v) is 2.00. The molecular formula is C11H15N3O4. The van der Waals surface area contributed by atoms with Gasteiger partial charge in [-0.1, -0.05) is 0 Å². The molecule has 0 aliphatic heterocycles. The Labute approximate surface area is 104 Å². The summed E-state index contributed by atoms with van der Waals surface area (Å²) in [5.74, 6) is 0.254. The van der Waals surface area contributed by atoms with Crippen molar-refractivity contribution < 1.29 is 14.4 Å². The summed E-state index contributed by atoms with van der Waals surface area (Å²) in [6.07, 6.45) is 2.40. The zero-order valence-electron chi connectivity index (χ0n) is 10.0. The van der Waals surface area contributed by atoms with E-state index >= 15 is 0 Å². The first kappa shape index (κ1) is 12.6. The molecule has 0 spiro atoms. The minimum absolute atomic E-state index is 0.0262. The normalized spacial score (nSPS) is 22.8. The monoisotopic (exact) mass is 253 g/mol. The molecule has 1 saturated carbocycles. The summed E-state index contributed by atoms with van der Waals surface area (Å²) in [7, 11) is 1.44. The standard InChI is InChI=1S/C11H15N3O4/c1-17-10-6-5-8(14(15)16)11(13-10)18-9-4-2-3-7(9)12/h5-7,9H,2-4,12H2,1H3. The van der Waals surface area contributed by atoms with Crippen molar-refractivity contribution in [3.05, 3.63) is 22.2 Å². The van der Waals surface area contributed by atoms with Crippen LogP contribution in [0.15, 0.2) is 12.1 Å². The SMILES string of the molecule is COc1ccc([N+](=O)[O-])c(OC2CCCC2N)n1. The number of aromatic nitrogens is 1. The van der Waals surface area contributed by atoms with Crippen LogP contribution in [0.2, 0.25) is 0 Å². The fourth-order valence-electron chi connectivity index (χ4n) is 2.00. The average molecular weight is 253 g/mol. The highest BCUT2D eigenvalue weighted by atomic mass is 16.6. The van der Waals surface area contributed by atoms with Gasteiger partial charge in [-0.25, -0.2) is 0 Å². The molecule has 2 atom stereocenters. The van der Waals surface area contributed by atoms with Crippen LogP contribution >= 0.6 is 0 Å². The van der Waals surface area contributed by atoms with Crippen LogP contribution < -0.4 is 15.2 Å². The lowest BCUT2D eigenvalue weighted by atomic mass is 10.2. The molecule has 1 aliphatic rings. The number of nitrogens with two attached hydrogens (primary N) is 1. The third kappa shape index (κ3) is 2.51. The van der Waals surface area contributed by atoms with Crippen molar-refractivity contribution in [2.24, 2.45) is 5.73 Å². The molecule has 1 aromatic heterocycles. The van der Waals surface area contributed by atoms with E-state index in [1.807, 2.05) is 0 Å². The second-order valence-electron chi connectivity index (χ2n) is 4.19. The van der Waals surface area contributed by atoms with Crippen molar-refractivity contribution in [1.29, 1.82) is 0 Å². The van der Waals surface area contributed by atoms with Gasteiger partial charge in [0.2, 0.25) is 5.88 Å². The number of hydrogen-bond donors (Lipinski definition) is 1. The quantitative estimate of drug-likeness (QED) is 0.640. The smallest absolute Gasteiger partial charge is 0.331 e. The summed E-state index contributed by atoms with van der Waals surface area (Å²) in [4.78, 5) is 14.3. The average Bonchev–Trinajstić information content (AvgIpc) is 2.74. The number of hydrogen-bond acceptors (Lipinski definition) is 6. The van der Waals surface area contributed by atoms with Crippen LogP contribution in [-0.2, 0) is 0 Å². The highest BCUT2D eigenvalue weighted by Gasteiger charge is 2.29. The molecule has 98 valence electrons. The van der Waals surface area contributed by atoms with E-state index in [1.54, 1.807) is 0 Å². The number of nitro groups is 1. The van der Waals surface area contributed by atoms with Crippen molar-refractivity contribution in [2.45, 2.75) is 31.4 Å². The number of pyridine rings is 1. The van der Waals surface area contributed by atoms with Gasteiger partial charge < -0.3 is 15.2 Å². The largest absolute Gasteiger partial charge is 0.481 e. The van der Waals surface area contributed by atoms with Crippen LogP contribution in [0.1, 0.15) is 19.3 Å². The van der Waals surface area contributed by atoms with Gasteiger partial charge in [0.1, 0.15) is 6.10 Å². The highest BCUT2D eigenvalue weighted by Crippen LogP contribution is 2.31. The molecule has 0 bridgehead atoms. The Bertz CT molecular complexity index is 452. The molecule has 1 aliphatic carbocycles. The van der Waals surface area contributed by atoms with Gasteiger partial charge in [-0.2, -0.15) is 4.98 Å².